The predicted molar refractivity (Wildman–Crippen MR) is 71.5 cm³/mol. The smallest absolute Gasteiger partial charge is 0.413 e. The normalized spacial score (nSPS) is 21.6. The van der Waals surface area contributed by atoms with Crippen molar-refractivity contribution in [2.45, 2.75) is 32.2 Å². The van der Waals surface area contributed by atoms with E-state index in [0.717, 1.165) is 5.56 Å². The highest BCUT2D eigenvalue weighted by Crippen LogP contribution is 2.19. The molecule has 1 aliphatic heterocycles. The Hall–Kier alpha value is -2.08. The lowest BCUT2D eigenvalue weighted by Crippen LogP contribution is -2.45. The topological polar surface area (TPSA) is 81.9 Å². The van der Waals surface area contributed by atoms with E-state index in [1.165, 1.54) is 11.8 Å². The molecule has 2 rings (SSSR count). The molecule has 1 saturated heterocycles. The highest BCUT2D eigenvalue weighted by molar-refractivity contribution is 5.70. The van der Waals surface area contributed by atoms with E-state index in [2.05, 4.69) is 0 Å². The third-order valence-corrected chi connectivity index (χ3v) is 3.10. The molecule has 0 bridgehead atoms. The zero-order valence-electron chi connectivity index (χ0n) is 11.3. The van der Waals surface area contributed by atoms with E-state index in [-0.39, 0.29) is 12.6 Å². The summed E-state index contributed by atoms with van der Waals surface area (Å²) in [4.78, 5) is 24.4. The fourth-order valence-electron chi connectivity index (χ4n) is 2.11. The van der Waals surface area contributed by atoms with Crippen LogP contribution in [0, 0.1) is 0 Å². The third kappa shape index (κ3) is 3.48. The van der Waals surface area contributed by atoms with E-state index >= 15 is 0 Å². The molecule has 1 heterocycles. The van der Waals surface area contributed by atoms with Crippen LogP contribution in [-0.2, 0) is 20.9 Å². The molecule has 0 spiro atoms. The lowest BCUT2D eigenvalue weighted by atomic mass is 10.2. The second-order valence-corrected chi connectivity index (χ2v) is 4.69. The van der Waals surface area contributed by atoms with E-state index in [9.17, 15) is 9.59 Å². The monoisotopic (exact) mass is 278 g/mol. The number of carbonyl (C=O) groups is 2. The molecule has 1 unspecified atom stereocenters. The van der Waals surface area contributed by atoms with Crippen LogP contribution in [0.15, 0.2) is 30.3 Å². The zero-order valence-corrected chi connectivity index (χ0v) is 11.3. The summed E-state index contributed by atoms with van der Waals surface area (Å²) < 4.78 is 10.3. The second-order valence-electron chi connectivity index (χ2n) is 4.69. The molecule has 6 heteroatoms. The van der Waals surface area contributed by atoms with Crippen LogP contribution in [0.3, 0.4) is 0 Å². The second kappa shape index (κ2) is 6.38. The van der Waals surface area contributed by atoms with Gasteiger partial charge in [-0.05, 0) is 12.0 Å². The van der Waals surface area contributed by atoms with Gasteiger partial charge < -0.3 is 15.2 Å². The van der Waals surface area contributed by atoms with E-state index in [4.69, 9.17) is 15.2 Å². The minimum absolute atomic E-state index is 0.179. The molecule has 20 heavy (non-hydrogen) atoms. The summed E-state index contributed by atoms with van der Waals surface area (Å²) in [5.74, 6) is -0.465. The van der Waals surface area contributed by atoms with Crippen LogP contribution >= 0.6 is 0 Å². The predicted octanol–water partition coefficient (Wildman–Crippen LogP) is 1.25. The van der Waals surface area contributed by atoms with Gasteiger partial charge in [-0.2, -0.15) is 0 Å². The Labute approximate surface area is 117 Å². The third-order valence-electron chi connectivity index (χ3n) is 3.10. The molecule has 1 fully saturated rings. The molecular weight excluding hydrogens is 260 g/mol. The number of amides is 1. The van der Waals surface area contributed by atoms with Crippen molar-refractivity contribution in [3.63, 3.8) is 0 Å². The Kier molecular flexibility index (Phi) is 4.57. The number of carbonyl (C=O) groups excluding carboxylic acids is 2. The van der Waals surface area contributed by atoms with Crippen LogP contribution in [0.5, 0.6) is 0 Å². The van der Waals surface area contributed by atoms with Crippen LogP contribution in [0.25, 0.3) is 0 Å². The first kappa shape index (κ1) is 14.3. The summed E-state index contributed by atoms with van der Waals surface area (Å²) in [6.07, 6.45) is -0.679. The molecule has 1 amide bonds. The van der Waals surface area contributed by atoms with Gasteiger partial charge in [-0.25, -0.2) is 4.79 Å². The quantitative estimate of drug-likeness (QED) is 0.841. The SMILES string of the molecule is CC(=O)OC1[C@H](N)CCN1C(=O)OCc1ccccc1. The maximum absolute atomic E-state index is 12.0. The number of likely N-dealkylation sites (tertiary alicyclic amines) is 1. The summed E-state index contributed by atoms with van der Waals surface area (Å²) >= 11 is 0. The summed E-state index contributed by atoms with van der Waals surface area (Å²) in [6.45, 7) is 1.89. The summed E-state index contributed by atoms with van der Waals surface area (Å²) in [5, 5.41) is 0. The molecule has 1 aromatic carbocycles. The highest BCUT2D eigenvalue weighted by Gasteiger charge is 2.38. The van der Waals surface area contributed by atoms with Gasteiger partial charge in [-0.15, -0.1) is 0 Å². The Bertz CT molecular complexity index is 477. The fourth-order valence-corrected chi connectivity index (χ4v) is 2.11. The highest BCUT2D eigenvalue weighted by atomic mass is 16.6. The van der Waals surface area contributed by atoms with E-state index in [1.54, 1.807) is 0 Å². The molecular formula is C14H18N2O4. The summed E-state index contributed by atoms with van der Waals surface area (Å²) in [6, 6.07) is 9.00. The van der Waals surface area contributed by atoms with Crippen LogP contribution in [0.2, 0.25) is 0 Å². The van der Waals surface area contributed by atoms with Crippen LogP contribution in [0.1, 0.15) is 18.9 Å². The van der Waals surface area contributed by atoms with Crippen molar-refractivity contribution in [1.29, 1.82) is 0 Å². The number of hydrogen-bond donors (Lipinski definition) is 1. The number of esters is 1. The first-order chi connectivity index (χ1) is 9.58. The molecule has 2 atom stereocenters. The molecule has 0 aliphatic carbocycles. The Morgan fingerprint density at radius 1 is 1.35 bits per heavy atom. The van der Waals surface area contributed by atoms with Gasteiger partial charge in [0.2, 0.25) is 0 Å². The standard InChI is InChI=1S/C14H18N2O4/c1-10(17)20-13-12(15)7-8-16(13)14(18)19-9-11-5-3-2-4-6-11/h2-6,12-13H,7-9,15H2,1H3/t12-,13?/m1/s1. The minimum Gasteiger partial charge on any atom is -0.444 e. The molecule has 1 aromatic rings. The average Bonchev–Trinajstić information content (AvgIpc) is 2.78. The van der Waals surface area contributed by atoms with Gasteiger partial charge in [0.25, 0.3) is 0 Å². The molecule has 1 aliphatic rings. The first-order valence-corrected chi connectivity index (χ1v) is 6.48. The van der Waals surface area contributed by atoms with Gasteiger partial charge in [0.05, 0.1) is 6.04 Å². The minimum atomic E-state index is -0.740. The fraction of sp³-hybridized carbons (Fsp3) is 0.429. The summed E-state index contributed by atoms with van der Waals surface area (Å²) in [7, 11) is 0. The maximum Gasteiger partial charge on any atom is 0.413 e. The lowest BCUT2D eigenvalue weighted by molar-refractivity contribution is -0.153. The van der Waals surface area contributed by atoms with Crippen molar-refractivity contribution < 1.29 is 19.1 Å². The Morgan fingerprint density at radius 3 is 2.70 bits per heavy atom. The van der Waals surface area contributed by atoms with E-state index in [0.29, 0.717) is 13.0 Å². The van der Waals surface area contributed by atoms with Crippen LogP contribution in [0.4, 0.5) is 4.79 Å². The first-order valence-electron chi connectivity index (χ1n) is 6.48. The molecule has 6 nitrogen and oxygen atoms in total. The van der Waals surface area contributed by atoms with E-state index < -0.39 is 18.3 Å². The van der Waals surface area contributed by atoms with Gasteiger partial charge in [0.15, 0.2) is 6.23 Å². The number of rotatable bonds is 3. The molecule has 0 aromatic heterocycles. The lowest BCUT2D eigenvalue weighted by Gasteiger charge is -2.25. The van der Waals surface area contributed by atoms with Gasteiger partial charge in [-0.1, -0.05) is 30.3 Å². The van der Waals surface area contributed by atoms with Crippen molar-refractivity contribution in [1.82, 2.24) is 4.90 Å². The van der Waals surface area contributed by atoms with Crippen molar-refractivity contribution in [2.24, 2.45) is 5.73 Å². The van der Waals surface area contributed by atoms with E-state index in [1.807, 2.05) is 30.3 Å². The largest absolute Gasteiger partial charge is 0.444 e. The number of benzene rings is 1. The van der Waals surface area contributed by atoms with Crippen molar-refractivity contribution in [2.75, 3.05) is 6.54 Å². The summed E-state index contributed by atoms with van der Waals surface area (Å²) in [5.41, 5.74) is 6.73. The van der Waals surface area contributed by atoms with Crippen LogP contribution in [-0.4, -0.2) is 35.8 Å². The van der Waals surface area contributed by atoms with Crippen molar-refractivity contribution in [3.05, 3.63) is 35.9 Å². The number of nitrogens with two attached hydrogens (primary N) is 1. The Balaban J connectivity index is 1.92. The average molecular weight is 278 g/mol. The molecule has 108 valence electrons. The number of nitrogens with zero attached hydrogens (tertiary/aromatic N) is 1. The number of hydrogen-bond acceptors (Lipinski definition) is 5. The maximum atomic E-state index is 12.0. The molecule has 0 saturated carbocycles. The molecule has 2 N–H and O–H groups in total. The van der Waals surface area contributed by atoms with Gasteiger partial charge >= 0.3 is 12.1 Å². The van der Waals surface area contributed by atoms with Crippen molar-refractivity contribution >= 4 is 12.1 Å². The van der Waals surface area contributed by atoms with Gasteiger partial charge in [0.1, 0.15) is 6.61 Å². The zero-order chi connectivity index (χ0) is 14.5. The van der Waals surface area contributed by atoms with Gasteiger partial charge in [0, 0.05) is 13.5 Å². The van der Waals surface area contributed by atoms with Gasteiger partial charge in [-0.3, -0.25) is 9.69 Å². The number of ether oxygens (including phenoxy) is 2. The van der Waals surface area contributed by atoms with Crippen molar-refractivity contribution in [3.8, 4) is 0 Å². The Morgan fingerprint density at radius 2 is 2.05 bits per heavy atom. The molecule has 0 radical (unpaired) electrons. The van der Waals surface area contributed by atoms with Crippen LogP contribution < -0.4 is 5.73 Å².